The zero-order chi connectivity index (χ0) is 14.4. The van der Waals surface area contributed by atoms with Crippen molar-refractivity contribution < 1.29 is 14.3 Å². The summed E-state index contributed by atoms with van der Waals surface area (Å²) >= 11 is 0. The highest BCUT2D eigenvalue weighted by molar-refractivity contribution is 6.21. The van der Waals surface area contributed by atoms with E-state index in [0.717, 1.165) is 13.0 Å². The van der Waals surface area contributed by atoms with Gasteiger partial charge in [0.15, 0.2) is 0 Å². The zero-order valence-electron chi connectivity index (χ0n) is 11.9. The molecule has 2 amide bonds. The third-order valence-electron chi connectivity index (χ3n) is 3.44. The number of imide groups is 1. The molecule has 4 heteroatoms. The van der Waals surface area contributed by atoms with E-state index in [-0.39, 0.29) is 11.8 Å². The van der Waals surface area contributed by atoms with Crippen LogP contribution in [-0.4, -0.2) is 36.5 Å². The number of hydrogen-bond donors (Lipinski definition) is 0. The maximum atomic E-state index is 12.1. The molecule has 20 heavy (non-hydrogen) atoms. The first-order valence-corrected chi connectivity index (χ1v) is 7.28. The van der Waals surface area contributed by atoms with Gasteiger partial charge in [0, 0.05) is 19.8 Å². The summed E-state index contributed by atoms with van der Waals surface area (Å²) in [5.41, 5.74) is 1.03. The number of benzene rings is 1. The highest BCUT2D eigenvalue weighted by atomic mass is 16.5. The smallest absolute Gasteiger partial charge is 0.261 e. The summed E-state index contributed by atoms with van der Waals surface area (Å²) in [5.74, 6) is -0.367. The van der Waals surface area contributed by atoms with Gasteiger partial charge in [0.1, 0.15) is 0 Å². The lowest BCUT2D eigenvalue weighted by Gasteiger charge is -2.13. The molecule has 0 unspecified atom stereocenters. The van der Waals surface area contributed by atoms with E-state index in [9.17, 15) is 9.59 Å². The van der Waals surface area contributed by atoms with Gasteiger partial charge in [-0.3, -0.25) is 14.5 Å². The van der Waals surface area contributed by atoms with Crippen LogP contribution in [0.25, 0.3) is 0 Å². The minimum Gasteiger partial charge on any atom is -0.381 e. The molecule has 0 bridgehead atoms. The van der Waals surface area contributed by atoms with Gasteiger partial charge in [0.25, 0.3) is 11.8 Å². The first-order chi connectivity index (χ1) is 9.75. The number of nitrogens with zero attached hydrogens (tertiary/aromatic N) is 1. The molecule has 0 fully saturated rings. The van der Waals surface area contributed by atoms with Gasteiger partial charge in [-0.2, -0.15) is 0 Å². The molecule has 108 valence electrons. The van der Waals surface area contributed by atoms with E-state index >= 15 is 0 Å². The molecule has 4 nitrogen and oxygen atoms in total. The summed E-state index contributed by atoms with van der Waals surface area (Å²) in [6.07, 6.45) is 4.12. The molecular weight excluding hydrogens is 254 g/mol. The maximum absolute atomic E-state index is 12.1. The monoisotopic (exact) mass is 275 g/mol. The lowest BCUT2D eigenvalue weighted by atomic mass is 10.1. The molecule has 0 aliphatic carbocycles. The predicted molar refractivity (Wildman–Crippen MR) is 76.8 cm³/mol. The van der Waals surface area contributed by atoms with Crippen LogP contribution < -0.4 is 0 Å². The summed E-state index contributed by atoms with van der Waals surface area (Å²) in [5, 5.41) is 0. The van der Waals surface area contributed by atoms with Crippen LogP contribution in [0.2, 0.25) is 0 Å². The van der Waals surface area contributed by atoms with Crippen molar-refractivity contribution in [2.45, 2.75) is 32.6 Å². The van der Waals surface area contributed by atoms with Gasteiger partial charge in [-0.25, -0.2) is 0 Å². The summed E-state index contributed by atoms with van der Waals surface area (Å²) in [6.45, 7) is 3.94. The first-order valence-electron chi connectivity index (χ1n) is 7.28. The largest absolute Gasteiger partial charge is 0.381 e. The summed E-state index contributed by atoms with van der Waals surface area (Å²) in [7, 11) is 0. The Morgan fingerprint density at radius 3 is 2.15 bits per heavy atom. The average molecular weight is 275 g/mol. The van der Waals surface area contributed by atoms with E-state index in [2.05, 4.69) is 6.92 Å². The van der Waals surface area contributed by atoms with E-state index in [0.29, 0.717) is 30.7 Å². The van der Waals surface area contributed by atoms with E-state index in [1.807, 2.05) is 0 Å². The van der Waals surface area contributed by atoms with Crippen LogP contribution >= 0.6 is 0 Å². The van der Waals surface area contributed by atoms with Crippen LogP contribution in [0.5, 0.6) is 0 Å². The van der Waals surface area contributed by atoms with Crippen LogP contribution in [0.1, 0.15) is 53.3 Å². The molecular formula is C16H21NO3. The Morgan fingerprint density at radius 1 is 0.950 bits per heavy atom. The van der Waals surface area contributed by atoms with Gasteiger partial charge >= 0.3 is 0 Å². The third kappa shape index (κ3) is 3.25. The molecule has 0 spiro atoms. The third-order valence-corrected chi connectivity index (χ3v) is 3.44. The van der Waals surface area contributed by atoms with Crippen molar-refractivity contribution in [3.05, 3.63) is 35.4 Å². The first kappa shape index (κ1) is 14.7. The van der Waals surface area contributed by atoms with E-state index in [4.69, 9.17) is 4.74 Å². The van der Waals surface area contributed by atoms with E-state index in [1.165, 1.54) is 17.7 Å². The minimum absolute atomic E-state index is 0.184. The van der Waals surface area contributed by atoms with Crippen LogP contribution in [0.3, 0.4) is 0 Å². The number of fused-ring (bicyclic) bond motifs is 1. The van der Waals surface area contributed by atoms with Crippen molar-refractivity contribution in [1.29, 1.82) is 0 Å². The lowest BCUT2D eigenvalue weighted by molar-refractivity contribution is 0.0625. The minimum atomic E-state index is -0.184. The fourth-order valence-corrected chi connectivity index (χ4v) is 2.32. The highest BCUT2D eigenvalue weighted by Gasteiger charge is 2.34. The van der Waals surface area contributed by atoms with Crippen molar-refractivity contribution in [3.8, 4) is 0 Å². The predicted octanol–water partition coefficient (Wildman–Crippen LogP) is 2.88. The molecule has 0 radical (unpaired) electrons. The number of unbranched alkanes of at least 4 members (excludes halogenated alkanes) is 2. The highest BCUT2D eigenvalue weighted by Crippen LogP contribution is 2.22. The Balaban J connectivity index is 1.75. The van der Waals surface area contributed by atoms with Crippen molar-refractivity contribution in [3.63, 3.8) is 0 Å². The number of amides is 2. The van der Waals surface area contributed by atoms with Gasteiger partial charge in [-0.15, -0.1) is 0 Å². The molecule has 1 aromatic rings. The molecule has 0 atom stereocenters. The second kappa shape index (κ2) is 7.20. The second-order valence-corrected chi connectivity index (χ2v) is 4.98. The summed E-state index contributed by atoms with van der Waals surface area (Å²) < 4.78 is 5.49. The van der Waals surface area contributed by atoms with E-state index < -0.39 is 0 Å². The molecule has 0 aromatic heterocycles. The number of carbonyl (C=O) groups is 2. The fourth-order valence-electron chi connectivity index (χ4n) is 2.32. The van der Waals surface area contributed by atoms with Crippen molar-refractivity contribution in [2.24, 2.45) is 0 Å². The Morgan fingerprint density at radius 2 is 1.55 bits per heavy atom. The standard InChI is InChI=1S/C16H21NO3/c1-2-3-6-11-20-12-7-10-17-15(18)13-8-4-5-9-14(13)16(17)19/h4-5,8-9H,2-3,6-7,10-12H2,1H3. The average Bonchev–Trinajstić information content (AvgIpc) is 2.71. The Bertz CT molecular complexity index is 449. The topological polar surface area (TPSA) is 46.6 Å². The lowest BCUT2D eigenvalue weighted by Crippen LogP contribution is -2.31. The SMILES string of the molecule is CCCCCOCCCN1C(=O)c2ccccc2C1=O. The molecule has 1 heterocycles. The Labute approximate surface area is 119 Å². The number of rotatable bonds is 8. The zero-order valence-corrected chi connectivity index (χ0v) is 11.9. The molecule has 0 saturated heterocycles. The van der Waals surface area contributed by atoms with Crippen molar-refractivity contribution >= 4 is 11.8 Å². The number of carbonyl (C=O) groups excluding carboxylic acids is 2. The molecule has 2 rings (SSSR count). The molecule has 1 aliphatic rings. The Kier molecular flexibility index (Phi) is 5.30. The maximum Gasteiger partial charge on any atom is 0.261 e. The summed E-state index contributed by atoms with van der Waals surface area (Å²) in [4.78, 5) is 25.5. The van der Waals surface area contributed by atoms with Crippen molar-refractivity contribution in [2.75, 3.05) is 19.8 Å². The van der Waals surface area contributed by atoms with Crippen LogP contribution in [-0.2, 0) is 4.74 Å². The van der Waals surface area contributed by atoms with E-state index in [1.54, 1.807) is 24.3 Å². The molecule has 1 aromatic carbocycles. The number of hydrogen-bond acceptors (Lipinski definition) is 3. The second-order valence-electron chi connectivity index (χ2n) is 4.98. The van der Waals surface area contributed by atoms with Crippen LogP contribution in [0, 0.1) is 0 Å². The quantitative estimate of drug-likeness (QED) is 0.541. The van der Waals surface area contributed by atoms with Gasteiger partial charge < -0.3 is 4.74 Å². The van der Waals surface area contributed by atoms with Crippen LogP contribution in [0.4, 0.5) is 0 Å². The van der Waals surface area contributed by atoms with Gasteiger partial charge in [-0.05, 0) is 25.0 Å². The molecule has 0 N–H and O–H groups in total. The summed E-state index contributed by atoms with van der Waals surface area (Å²) in [6, 6.07) is 6.97. The molecule has 0 saturated carbocycles. The van der Waals surface area contributed by atoms with Gasteiger partial charge in [0.2, 0.25) is 0 Å². The van der Waals surface area contributed by atoms with Crippen molar-refractivity contribution in [1.82, 2.24) is 4.90 Å². The number of ether oxygens (including phenoxy) is 1. The fraction of sp³-hybridized carbons (Fsp3) is 0.500. The normalized spacial score (nSPS) is 13.9. The Hall–Kier alpha value is -1.68. The molecule has 1 aliphatic heterocycles. The van der Waals surface area contributed by atoms with Gasteiger partial charge in [0.05, 0.1) is 11.1 Å². The van der Waals surface area contributed by atoms with Gasteiger partial charge in [-0.1, -0.05) is 31.9 Å². The van der Waals surface area contributed by atoms with Crippen LogP contribution in [0.15, 0.2) is 24.3 Å².